The molecule has 0 radical (unpaired) electrons. The first-order valence-corrected chi connectivity index (χ1v) is 9.96. The number of pyridine rings is 1. The first-order valence-electron chi connectivity index (χ1n) is 9.58. The van der Waals surface area contributed by atoms with E-state index in [-0.39, 0.29) is 6.04 Å². The van der Waals surface area contributed by atoms with E-state index in [1.165, 1.54) is 6.33 Å². The van der Waals surface area contributed by atoms with E-state index in [2.05, 4.69) is 15.0 Å². The molecule has 0 spiro atoms. The maximum absolute atomic E-state index is 6.67. The number of aryl methyl sites for hydroxylation is 2. The van der Waals surface area contributed by atoms with Crippen LogP contribution in [-0.4, -0.2) is 31.8 Å². The molecular weight excluding hydrogens is 400 g/mol. The van der Waals surface area contributed by atoms with Gasteiger partial charge in [0.2, 0.25) is 0 Å². The molecule has 1 aromatic carbocycles. The quantitative estimate of drug-likeness (QED) is 0.514. The Morgan fingerprint density at radius 2 is 1.90 bits per heavy atom. The number of halogens is 1. The number of aromatic nitrogens is 5. The van der Waals surface area contributed by atoms with E-state index in [0.29, 0.717) is 16.5 Å². The average molecular weight is 423 g/mol. The summed E-state index contributed by atoms with van der Waals surface area (Å²) in [6.07, 6.45) is 3.24. The monoisotopic (exact) mass is 422 g/mol. The number of hydrogen-bond donors (Lipinski definition) is 1. The number of fused-ring (bicyclic) bond motifs is 1. The van der Waals surface area contributed by atoms with Crippen molar-refractivity contribution in [3.8, 4) is 16.9 Å². The third-order valence-electron chi connectivity index (χ3n) is 5.40. The molecule has 2 N–H and O–H groups in total. The van der Waals surface area contributed by atoms with Crippen LogP contribution in [0, 0.1) is 20.8 Å². The van der Waals surface area contributed by atoms with Gasteiger partial charge in [-0.25, -0.2) is 14.6 Å². The highest BCUT2D eigenvalue weighted by molar-refractivity contribution is 6.32. The molecule has 0 fully saturated rings. The fourth-order valence-corrected chi connectivity index (χ4v) is 4.11. The minimum absolute atomic E-state index is 0.203. The number of rotatable bonds is 4. The summed E-state index contributed by atoms with van der Waals surface area (Å²) in [5.41, 5.74) is 12.2. The summed E-state index contributed by atoms with van der Waals surface area (Å²) >= 11 is 6.67. The molecule has 0 saturated heterocycles. The summed E-state index contributed by atoms with van der Waals surface area (Å²) in [7, 11) is 1.67. The van der Waals surface area contributed by atoms with Gasteiger partial charge in [-0.05, 0) is 57.0 Å². The Kier molecular flexibility index (Phi) is 5.07. The van der Waals surface area contributed by atoms with E-state index >= 15 is 0 Å². The van der Waals surface area contributed by atoms with E-state index in [4.69, 9.17) is 27.2 Å². The second kappa shape index (κ2) is 7.57. The summed E-state index contributed by atoms with van der Waals surface area (Å²) in [5.74, 6) is 1.16. The summed E-state index contributed by atoms with van der Waals surface area (Å²) in [6.45, 7) is 7.89. The van der Waals surface area contributed by atoms with Gasteiger partial charge in [0.25, 0.3) is 0 Å². The van der Waals surface area contributed by atoms with Crippen molar-refractivity contribution in [2.45, 2.75) is 33.7 Å². The number of nitrogens with two attached hydrogens (primary N) is 1. The van der Waals surface area contributed by atoms with E-state index in [1.807, 2.05) is 50.6 Å². The highest BCUT2D eigenvalue weighted by Crippen LogP contribution is 2.43. The summed E-state index contributed by atoms with van der Waals surface area (Å²) in [4.78, 5) is 12.8. The van der Waals surface area contributed by atoms with Crippen molar-refractivity contribution >= 4 is 28.5 Å². The summed E-state index contributed by atoms with van der Waals surface area (Å²) in [6, 6.07) is 5.72. The third-order valence-corrected chi connectivity index (χ3v) is 5.80. The van der Waals surface area contributed by atoms with Crippen molar-refractivity contribution in [2.24, 2.45) is 0 Å². The number of nitrogens with zero attached hydrogens (tertiary/aromatic N) is 5. The van der Waals surface area contributed by atoms with Gasteiger partial charge in [0.15, 0.2) is 5.65 Å². The van der Waals surface area contributed by atoms with Gasteiger partial charge in [-0.15, -0.1) is 0 Å². The first kappa shape index (κ1) is 20.1. The molecule has 1 unspecified atom stereocenters. The number of nitrogen functional groups attached to an aromatic ring is 1. The second-order valence-corrected chi connectivity index (χ2v) is 7.74. The van der Waals surface area contributed by atoms with Gasteiger partial charge >= 0.3 is 0 Å². The second-order valence-electron chi connectivity index (χ2n) is 7.33. The molecule has 0 aliphatic heterocycles. The Morgan fingerprint density at radius 3 is 2.60 bits per heavy atom. The van der Waals surface area contributed by atoms with Gasteiger partial charge in [0.05, 0.1) is 24.2 Å². The highest BCUT2D eigenvalue weighted by atomic mass is 35.5. The lowest BCUT2D eigenvalue weighted by molar-refractivity contribution is 0.402. The van der Waals surface area contributed by atoms with Gasteiger partial charge in [0.1, 0.15) is 17.9 Å². The predicted molar refractivity (Wildman–Crippen MR) is 119 cm³/mol. The fourth-order valence-electron chi connectivity index (χ4n) is 3.89. The topological polar surface area (TPSA) is 91.7 Å². The Morgan fingerprint density at radius 1 is 1.13 bits per heavy atom. The average Bonchev–Trinajstić information content (AvgIpc) is 3.06. The predicted octanol–water partition coefficient (Wildman–Crippen LogP) is 4.67. The molecule has 30 heavy (non-hydrogen) atoms. The van der Waals surface area contributed by atoms with Crippen LogP contribution in [0.2, 0.25) is 5.02 Å². The molecule has 8 heteroatoms. The maximum atomic E-state index is 6.67. The van der Waals surface area contributed by atoms with Crippen LogP contribution in [0.15, 0.2) is 30.7 Å². The standard InChI is InChI=1S/C22H23ClN6O/c1-11-8-15(6-7-25-11)18-12(2)17(23)9-16(20(18)30-5)14(4)29-22-19(13(3)28-29)21(24)26-10-27-22/h6-10,14H,1-5H3,(H2,24,26,27). The number of benzene rings is 1. The maximum Gasteiger partial charge on any atom is 0.164 e. The Labute approximate surface area is 179 Å². The minimum atomic E-state index is -0.203. The van der Waals surface area contributed by atoms with Gasteiger partial charge in [0, 0.05) is 28.0 Å². The van der Waals surface area contributed by atoms with Crippen LogP contribution in [0.1, 0.15) is 35.5 Å². The molecule has 4 aromatic rings. The molecule has 7 nitrogen and oxygen atoms in total. The summed E-state index contributed by atoms with van der Waals surface area (Å²) < 4.78 is 7.76. The third kappa shape index (κ3) is 3.15. The first-order chi connectivity index (χ1) is 14.3. The smallest absolute Gasteiger partial charge is 0.164 e. The Hall–Kier alpha value is -3.19. The van der Waals surface area contributed by atoms with Crippen molar-refractivity contribution in [3.05, 3.63) is 58.3 Å². The van der Waals surface area contributed by atoms with Crippen LogP contribution >= 0.6 is 11.6 Å². The van der Waals surface area contributed by atoms with Gasteiger partial charge in [-0.2, -0.15) is 5.10 Å². The Bertz CT molecular complexity index is 1270. The van der Waals surface area contributed by atoms with Crippen molar-refractivity contribution < 1.29 is 4.74 Å². The molecule has 0 aliphatic rings. The molecule has 154 valence electrons. The van der Waals surface area contributed by atoms with Gasteiger partial charge in [-0.3, -0.25) is 4.98 Å². The number of ether oxygens (including phenoxy) is 1. The van der Waals surface area contributed by atoms with Gasteiger partial charge < -0.3 is 10.5 Å². The van der Waals surface area contributed by atoms with E-state index in [1.54, 1.807) is 13.3 Å². The molecule has 3 heterocycles. The molecule has 0 amide bonds. The van der Waals surface area contributed by atoms with Crippen LogP contribution in [-0.2, 0) is 0 Å². The molecule has 1 atom stereocenters. The van der Waals surface area contributed by atoms with Crippen molar-refractivity contribution in [2.75, 3.05) is 12.8 Å². The highest BCUT2D eigenvalue weighted by Gasteiger charge is 2.25. The van der Waals surface area contributed by atoms with Crippen LogP contribution in [0.25, 0.3) is 22.2 Å². The van der Waals surface area contributed by atoms with Crippen LogP contribution in [0.4, 0.5) is 5.82 Å². The van der Waals surface area contributed by atoms with Crippen LogP contribution in [0.3, 0.4) is 0 Å². The van der Waals surface area contributed by atoms with Crippen LogP contribution < -0.4 is 10.5 Å². The zero-order valence-electron chi connectivity index (χ0n) is 17.6. The van der Waals surface area contributed by atoms with Crippen LogP contribution in [0.5, 0.6) is 5.75 Å². The minimum Gasteiger partial charge on any atom is -0.496 e. The molecule has 0 bridgehead atoms. The number of hydrogen-bond acceptors (Lipinski definition) is 6. The zero-order chi connectivity index (χ0) is 21.6. The van der Waals surface area contributed by atoms with E-state index in [0.717, 1.165) is 44.8 Å². The van der Waals surface area contributed by atoms with Crippen molar-refractivity contribution in [3.63, 3.8) is 0 Å². The Balaban J connectivity index is 1.97. The van der Waals surface area contributed by atoms with Gasteiger partial charge in [-0.1, -0.05) is 11.6 Å². The van der Waals surface area contributed by atoms with Crippen molar-refractivity contribution in [1.29, 1.82) is 0 Å². The number of methoxy groups -OCH3 is 1. The van der Waals surface area contributed by atoms with E-state index < -0.39 is 0 Å². The lowest BCUT2D eigenvalue weighted by atomic mass is 9.94. The fraction of sp³-hybridized carbons (Fsp3) is 0.273. The SMILES string of the molecule is COc1c(C(C)n2nc(C)c3c(N)ncnc32)cc(Cl)c(C)c1-c1ccnc(C)c1. The zero-order valence-corrected chi connectivity index (χ0v) is 18.3. The molecule has 0 aliphatic carbocycles. The largest absolute Gasteiger partial charge is 0.496 e. The van der Waals surface area contributed by atoms with Crippen molar-refractivity contribution in [1.82, 2.24) is 24.7 Å². The normalized spacial score (nSPS) is 12.3. The molecular formula is C22H23ClN6O. The molecule has 4 rings (SSSR count). The van der Waals surface area contributed by atoms with E-state index in [9.17, 15) is 0 Å². The molecule has 3 aromatic heterocycles. The summed E-state index contributed by atoms with van der Waals surface area (Å²) in [5, 5.41) is 6.11. The lowest BCUT2D eigenvalue weighted by Gasteiger charge is -2.22. The number of anilines is 1. The lowest BCUT2D eigenvalue weighted by Crippen LogP contribution is -2.12. The molecule has 0 saturated carbocycles.